The molecular formula is C13H21N3. The lowest BCUT2D eigenvalue weighted by Gasteiger charge is -2.36. The molecule has 1 aliphatic rings. The van der Waals surface area contributed by atoms with E-state index in [1.54, 1.807) is 6.20 Å². The molecule has 1 aliphatic carbocycles. The number of anilines is 2. The van der Waals surface area contributed by atoms with Crippen molar-refractivity contribution in [2.24, 2.45) is 5.92 Å². The molecule has 2 N–H and O–H groups in total. The van der Waals surface area contributed by atoms with Crippen LogP contribution in [0.15, 0.2) is 18.5 Å². The number of hydrogen-bond acceptors (Lipinski definition) is 3. The Morgan fingerprint density at radius 1 is 1.44 bits per heavy atom. The van der Waals surface area contributed by atoms with E-state index < -0.39 is 0 Å². The molecule has 3 nitrogen and oxygen atoms in total. The quantitative estimate of drug-likeness (QED) is 0.831. The molecule has 0 amide bonds. The SMILES string of the molecule is CC1CCCC(N(C)c2ccncc2N)C1. The van der Waals surface area contributed by atoms with E-state index in [0.29, 0.717) is 6.04 Å². The molecule has 0 spiro atoms. The van der Waals surface area contributed by atoms with Gasteiger partial charge in [0.05, 0.1) is 17.6 Å². The topological polar surface area (TPSA) is 42.2 Å². The highest BCUT2D eigenvalue weighted by molar-refractivity contribution is 5.66. The number of hydrogen-bond donors (Lipinski definition) is 1. The van der Waals surface area contributed by atoms with Crippen LogP contribution in [0.5, 0.6) is 0 Å². The lowest BCUT2D eigenvalue weighted by Crippen LogP contribution is -2.35. The minimum absolute atomic E-state index is 0.633. The molecule has 1 heterocycles. The summed E-state index contributed by atoms with van der Waals surface area (Å²) in [6, 6.07) is 2.64. The summed E-state index contributed by atoms with van der Waals surface area (Å²) in [5, 5.41) is 0. The minimum Gasteiger partial charge on any atom is -0.396 e. The molecular weight excluding hydrogens is 198 g/mol. The lowest BCUT2D eigenvalue weighted by atomic mass is 9.86. The summed E-state index contributed by atoms with van der Waals surface area (Å²) < 4.78 is 0. The summed E-state index contributed by atoms with van der Waals surface area (Å²) in [6.45, 7) is 2.34. The van der Waals surface area contributed by atoms with Gasteiger partial charge in [0, 0.05) is 19.3 Å². The average Bonchev–Trinajstić information content (AvgIpc) is 2.29. The summed E-state index contributed by atoms with van der Waals surface area (Å²) in [7, 11) is 2.15. The lowest BCUT2D eigenvalue weighted by molar-refractivity contribution is 0.336. The molecule has 88 valence electrons. The number of aromatic nitrogens is 1. The molecule has 16 heavy (non-hydrogen) atoms. The Kier molecular flexibility index (Phi) is 3.32. The van der Waals surface area contributed by atoms with Crippen molar-refractivity contribution in [2.45, 2.75) is 38.6 Å². The van der Waals surface area contributed by atoms with Gasteiger partial charge < -0.3 is 10.6 Å². The van der Waals surface area contributed by atoms with Crippen LogP contribution >= 0.6 is 0 Å². The maximum Gasteiger partial charge on any atom is 0.0738 e. The van der Waals surface area contributed by atoms with E-state index in [4.69, 9.17) is 5.73 Å². The first-order valence-corrected chi connectivity index (χ1v) is 6.11. The zero-order valence-corrected chi connectivity index (χ0v) is 10.2. The molecule has 2 unspecified atom stereocenters. The molecule has 0 radical (unpaired) electrons. The van der Waals surface area contributed by atoms with Crippen molar-refractivity contribution in [3.05, 3.63) is 18.5 Å². The summed E-state index contributed by atoms with van der Waals surface area (Å²) >= 11 is 0. The molecule has 2 rings (SSSR count). The highest BCUT2D eigenvalue weighted by Crippen LogP contribution is 2.31. The fourth-order valence-corrected chi connectivity index (χ4v) is 2.67. The summed E-state index contributed by atoms with van der Waals surface area (Å²) in [5.41, 5.74) is 7.86. The van der Waals surface area contributed by atoms with Crippen LogP contribution in [-0.4, -0.2) is 18.1 Å². The van der Waals surface area contributed by atoms with Crippen molar-refractivity contribution in [3.63, 3.8) is 0 Å². The third-order valence-corrected chi connectivity index (χ3v) is 3.66. The summed E-state index contributed by atoms with van der Waals surface area (Å²) in [5.74, 6) is 0.837. The van der Waals surface area contributed by atoms with Crippen molar-refractivity contribution in [3.8, 4) is 0 Å². The second-order valence-corrected chi connectivity index (χ2v) is 4.97. The first-order valence-electron chi connectivity index (χ1n) is 6.11. The van der Waals surface area contributed by atoms with Gasteiger partial charge in [0.1, 0.15) is 0 Å². The molecule has 1 saturated carbocycles. The van der Waals surface area contributed by atoms with Crippen molar-refractivity contribution in [1.82, 2.24) is 4.98 Å². The minimum atomic E-state index is 0.633. The molecule has 0 aliphatic heterocycles. The predicted molar refractivity (Wildman–Crippen MR) is 68.5 cm³/mol. The number of rotatable bonds is 2. The van der Waals surface area contributed by atoms with E-state index in [2.05, 4.69) is 23.9 Å². The van der Waals surface area contributed by atoms with Gasteiger partial charge in [-0.25, -0.2) is 0 Å². The van der Waals surface area contributed by atoms with Crippen LogP contribution in [0.2, 0.25) is 0 Å². The van der Waals surface area contributed by atoms with Gasteiger partial charge in [-0.3, -0.25) is 4.98 Å². The zero-order chi connectivity index (χ0) is 11.5. The fourth-order valence-electron chi connectivity index (χ4n) is 2.67. The van der Waals surface area contributed by atoms with Crippen LogP contribution in [0.1, 0.15) is 32.6 Å². The monoisotopic (exact) mass is 219 g/mol. The Labute approximate surface area is 97.7 Å². The maximum atomic E-state index is 5.96. The molecule has 1 fully saturated rings. The first kappa shape index (κ1) is 11.2. The van der Waals surface area contributed by atoms with Crippen molar-refractivity contribution >= 4 is 11.4 Å². The van der Waals surface area contributed by atoms with Crippen LogP contribution in [0, 0.1) is 5.92 Å². The highest BCUT2D eigenvalue weighted by Gasteiger charge is 2.23. The van der Waals surface area contributed by atoms with Crippen molar-refractivity contribution in [1.29, 1.82) is 0 Å². The number of pyridine rings is 1. The third-order valence-electron chi connectivity index (χ3n) is 3.66. The second kappa shape index (κ2) is 4.73. The van der Waals surface area contributed by atoms with Crippen LogP contribution in [0.3, 0.4) is 0 Å². The average molecular weight is 219 g/mol. The van der Waals surface area contributed by atoms with E-state index in [9.17, 15) is 0 Å². The summed E-state index contributed by atoms with van der Waals surface area (Å²) in [4.78, 5) is 6.36. The van der Waals surface area contributed by atoms with Gasteiger partial charge in [0.25, 0.3) is 0 Å². The number of nitrogens with zero attached hydrogens (tertiary/aromatic N) is 2. The summed E-state index contributed by atoms with van der Waals surface area (Å²) in [6.07, 6.45) is 8.81. The van der Waals surface area contributed by atoms with Gasteiger partial charge >= 0.3 is 0 Å². The Bertz CT molecular complexity index is 351. The molecule has 3 heteroatoms. The standard InChI is InChI=1S/C13H21N3/c1-10-4-3-5-11(8-10)16(2)13-6-7-15-9-12(13)14/h6-7,9-11H,3-5,8,14H2,1-2H3. The molecule has 0 aromatic carbocycles. The number of nitrogens with two attached hydrogens (primary N) is 1. The normalized spacial score (nSPS) is 25.4. The Morgan fingerprint density at radius 3 is 2.94 bits per heavy atom. The van der Waals surface area contributed by atoms with Crippen LogP contribution in [-0.2, 0) is 0 Å². The van der Waals surface area contributed by atoms with Gasteiger partial charge in [-0.1, -0.05) is 19.8 Å². The molecule has 0 saturated heterocycles. The molecule has 1 aromatic heterocycles. The molecule has 1 aromatic rings. The van der Waals surface area contributed by atoms with Gasteiger partial charge in [-0.15, -0.1) is 0 Å². The van der Waals surface area contributed by atoms with E-state index >= 15 is 0 Å². The van der Waals surface area contributed by atoms with E-state index in [-0.39, 0.29) is 0 Å². The molecule has 2 atom stereocenters. The predicted octanol–water partition coefficient (Wildman–Crippen LogP) is 2.68. The number of nitrogen functional groups attached to an aromatic ring is 1. The highest BCUT2D eigenvalue weighted by atomic mass is 15.1. The van der Waals surface area contributed by atoms with Crippen LogP contribution in [0.25, 0.3) is 0 Å². The van der Waals surface area contributed by atoms with Crippen LogP contribution < -0.4 is 10.6 Å². The van der Waals surface area contributed by atoms with E-state index in [1.165, 1.54) is 25.7 Å². The van der Waals surface area contributed by atoms with Gasteiger partial charge in [-0.2, -0.15) is 0 Å². The van der Waals surface area contributed by atoms with Gasteiger partial charge in [0.15, 0.2) is 0 Å². The Morgan fingerprint density at radius 2 is 2.25 bits per heavy atom. The smallest absolute Gasteiger partial charge is 0.0738 e. The van der Waals surface area contributed by atoms with Crippen molar-refractivity contribution < 1.29 is 0 Å². The van der Waals surface area contributed by atoms with Crippen LogP contribution in [0.4, 0.5) is 11.4 Å². The Hall–Kier alpha value is -1.25. The van der Waals surface area contributed by atoms with Crippen molar-refractivity contribution in [2.75, 3.05) is 17.7 Å². The van der Waals surface area contributed by atoms with Gasteiger partial charge in [-0.05, 0) is 24.8 Å². The maximum absolute atomic E-state index is 5.96. The molecule has 0 bridgehead atoms. The zero-order valence-electron chi connectivity index (χ0n) is 10.2. The second-order valence-electron chi connectivity index (χ2n) is 4.97. The third kappa shape index (κ3) is 2.29. The largest absolute Gasteiger partial charge is 0.396 e. The van der Waals surface area contributed by atoms with Gasteiger partial charge in [0.2, 0.25) is 0 Å². The van der Waals surface area contributed by atoms with E-state index in [0.717, 1.165) is 17.3 Å². The first-order chi connectivity index (χ1) is 7.68. The van der Waals surface area contributed by atoms with E-state index in [1.807, 2.05) is 12.3 Å². The Balaban J connectivity index is 2.12. The fraction of sp³-hybridized carbons (Fsp3) is 0.615.